The normalized spacial score (nSPS) is 20.4. The molecule has 1 aromatic rings. The minimum atomic E-state index is 0.618. The minimum absolute atomic E-state index is 0.618. The van der Waals surface area contributed by atoms with E-state index in [0.29, 0.717) is 6.04 Å². The summed E-state index contributed by atoms with van der Waals surface area (Å²) in [6, 6.07) is 11.3. The number of anilines is 1. The van der Waals surface area contributed by atoms with Crippen LogP contribution < -0.4 is 10.2 Å². The third kappa shape index (κ3) is 4.20. The molecule has 5 nitrogen and oxygen atoms in total. The molecule has 3 rings (SSSR count). The fraction of sp³-hybridized carbons (Fsp3) is 0.632. The third-order valence-corrected chi connectivity index (χ3v) is 5.21. The third-order valence-electron chi connectivity index (χ3n) is 5.21. The van der Waals surface area contributed by atoms with Crippen molar-refractivity contribution >= 4 is 11.6 Å². The van der Waals surface area contributed by atoms with Crippen molar-refractivity contribution in [3.63, 3.8) is 0 Å². The van der Waals surface area contributed by atoms with E-state index >= 15 is 0 Å². The average molecular weight is 329 g/mol. The van der Waals surface area contributed by atoms with Gasteiger partial charge in [-0.1, -0.05) is 18.2 Å². The highest BCUT2D eigenvalue weighted by molar-refractivity contribution is 5.80. The molecule has 1 atom stereocenters. The number of guanidine groups is 1. The van der Waals surface area contributed by atoms with Gasteiger partial charge in [0.1, 0.15) is 0 Å². The summed E-state index contributed by atoms with van der Waals surface area (Å²) in [4.78, 5) is 11.7. The van der Waals surface area contributed by atoms with E-state index in [-0.39, 0.29) is 0 Å². The molecule has 0 bridgehead atoms. The number of rotatable bonds is 5. The molecule has 1 aliphatic carbocycles. The second-order valence-electron chi connectivity index (χ2n) is 7.11. The molecule has 0 radical (unpaired) electrons. The molecular weight excluding hydrogens is 298 g/mol. The summed E-state index contributed by atoms with van der Waals surface area (Å²) in [6.07, 6.45) is 2.75. The van der Waals surface area contributed by atoms with Gasteiger partial charge in [-0.25, -0.2) is 0 Å². The van der Waals surface area contributed by atoms with E-state index in [1.54, 1.807) is 0 Å². The quantitative estimate of drug-likeness (QED) is 0.659. The number of nitrogens with zero attached hydrogens (tertiary/aromatic N) is 4. The van der Waals surface area contributed by atoms with Crippen LogP contribution >= 0.6 is 0 Å². The molecule has 1 saturated heterocycles. The summed E-state index contributed by atoms with van der Waals surface area (Å²) in [6.45, 7) is 5.12. The van der Waals surface area contributed by atoms with Crippen LogP contribution in [0.3, 0.4) is 0 Å². The number of aliphatic imine (C=N–C) groups is 1. The maximum absolute atomic E-state index is 4.51. The summed E-state index contributed by atoms with van der Waals surface area (Å²) < 4.78 is 0. The van der Waals surface area contributed by atoms with E-state index in [1.807, 2.05) is 7.05 Å². The van der Waals surface area contributed by atoms with Crippen LogP contribution in [-0.4, -0.2) is 75.7 Å². The summed E-state index contributed by atoms with van der Waals surface area (Å²) in [5, 5.41) is 3.61. The Labute approximate surface area is 146 Å². The standard InChI is InChI=1S/C19H31N5/c1-20-19(21-15-18(22(2)3)16-9-10-16)24-13-11-23(12-14-24)17-7-5-4-6-8-17/h4-8,16,18H,9-15H2,1-3H3,(H,20,21). The first-order valence-electron chi connectivity index (χ1n) is 9.11. The predicted molar refractivity (Wildman–Crippen MR) is 102 cm³/mol. The number of piperazine rings is 1. The molecule has 2 fully saturated rings. The van der Waals surface area contributed by atoms with Crippen molar-refractivity contribution < 1.29 is 0 Å². The van der Waals surface area contributed by atoms with Crippen molar-refractivity contribution in [3.8, 4) is 0 Å². The van der Waals surface area contributed by atoms with Gasteiger partial charge in [0, 0.05) is 51.5 Å². The lowest BCUT2D eigenvalue weighted by Gasteiger charge is -2.38. The van der Waals surface area contributed by atoms with Crippen LogP contribution in [0, 0.1) is 5.92 Å². The predicted octanol–water partition coefficient (Wildman–Crippen LogP) is 1.72. The Balaban J connectivity index is 1.50. The fourth-order valence-corrected chi connectivity index (χ4v) is 3.60. The second-order valence-corrected chi connectivity index (χ2v) is 7.11. The SMILES string of the molecule is CN=C(NCC(C1CC1)N(C)C)N1CCN(c2ccccc2)CC1. The highest BCUT2D eigenvalue weighted by Gasteiger charge is 2.32. The van der Waals surface area contributed by atoms with Gasteiger partial charge in [-0.05, 0) is 45.0 Å². The van der Waals surface area contributed by atoms with Crippen molar-refractivity contribution in [1.82, 2.24) is 15.1 Å². The molecule has 1 aromatic carbocycles. The number of hydrogen-bond acceptors (Lipinski definition) is 3. The Morgan fingerprint density at radius 2 is 1.83 bits per heavy atom. The number of para-hydroxylation sites is 1. The summed E-state index contributed by atoms with van der Waals surface area (Å²) in [7, 11) is 6.27. The zero-order valence-electron chi connectivity index (χ0n) is 15.3. The van der Waals surface area contributed by atoms with Crippen molar-refractivity contribution in [1.29, 1.82) is 0 Å². The van der Waals surface area contributed by atoms with Gasteiger partial charge < -0.3 is 20.0 Å². The zero-order valence-corrected chi connectivity index (χ0v) is 15.3. The van der Waals surface area contributed by atoms with Crippen molar-refractivity contribution in [2.24, 2.45) is 10.9 Å². The van der Waals surface area contributed by atoms with Crippen LogP contribution in [0.25, 0.3) is 0 Å². The fourth-order valence-electron chi connectivity index (χ4n) is 3.60. The lowest BCUT2D eigenvalue weighted by Crippen LogP contribution is -2.54. The monoisotopic (exact) mass is 329 g/mol. The van der Waals surface area contributed by atoms with Crippen LogP contribution in [0.15, 0.2) is 35.3 Å². The van der Waals surface area contributed by atoms with Crippen LogP contribution in [-0.2, 0) is 0 Å². The molecule has 1 heterocycles. The number of benzene rings is 1. The van der Waals surface area contributed by atoms with Crippen molar-refractivity contribution in [2.45, 2.75) is 18.9 Å². The Hall–Kier alpha value is -1.75. The van der Waals surface area contributed by atoms with Crippen molar-refractivity contribution in [2.75, 3.05) is 58.8 Å². The maximum Gasteiger partial charge on any atom is 0.193 e. The van der Waals surface area contributed by atoms with Gasteiger partial charge in [0.2, 0.25) is 0 Å². The van der Waals surface area contributed by atoms with E-state index in [4.69, 9.17) is 0 Å². The van der Waals surface area contributed by atoms with Crippen LogP contribution in [0.1, 0.15) is 12.8 Å². The van der Waals surface area contributed by atoms with Gasteiger partial charge in [-0.2, -0.15) is 0 Å². The smallest absolute Gasteiger partial charge is 0.193 e. The Morgan fingerprint density at radius 1 is 1.17 bits per heavy atom. The summed E-state index contributed by atoms with van der Waals surface area (Å²) in [5.41, 5.74) is 1.32. The molecule has 5 heteroatoms. The molecule has 24 heavy (non-hydrogen) atoms. The highest BCUT2D eigenvalue weighted by Crippen LogP contribution is 2.34. The van der Waals surface area contributed by atoms with Crippen LogP contribution in [0.2, 0.25) is 0 Å². The number of likely N-dealkylation sites (N-methyl/N-ethyl adjacent to an activating group) is 1. The van der Waals surface area contributed by atoms with Crippen molar-refractivity contribution in [3.05, 3.63) is 30.3 Å². The lowest BCUT2D eigenvalue weighted by molar-refractivity contribution is 0.260. The van der Waals surface area contributed by atoms with Crippen LogP contribution in [0.5, 0.6) is 0 Å². The average Bonchev–Trinajstić information content (AvgIpc) is 3.44. The molecule has 0 amide bonds. The lowest BCUT2D eigenvalue weighted by atomic mass is 10.1. The van der Waals surface area contributed by atoms with E-state index < -0.39 is 0 Å². The van der Waals surface area contributed by atoms with E-state index in [1.165, 1.54) is 18.5 Å². The molecule has 1 aliphatic heterocycles. The first-order valence-corrected chi connectivity index (χ1v) is 9.11. The van der Waals surface area contributed by atoms with E-state index in [9.17, 15) is 0 Å². The van der Waals surface area contributed by atoms with Gasteiger partial charge in [0.25, 0.3) is 0 Å². The molecule has 1 saturated carbocycles. The molecule has 0 aromatic heterocycles. The first-order chi connectivity index (χ1) is 11.7. The van der Waals surface area contributed by atoms with Gasteiger partial charge in [0.05, 0.1) is 0 Å². The maximum atomic E-state index is 4.51. The summed E-state index contributed by atoms with van der Waals surface area (Å²) in [5.74, 6) is 1.91. The van der Waals surface area contributed by atoms with Gasteiger partial charge >= 0.3 is 0 Å². The largest absolute Gasteiger partial charge is 0.368 e. The van der Waals surface area contributed by atoms with Gasteiger partial charge in [-0.3, -0.25) is 4.99 Å². The molecule has 0 spiro atoms. The topological polar surface area (TPSA) is 34.1 Å². The molecule has 1 N–H and O–H groups in total. The Morgan fingerprint density at radius 3 is 2.38 bits per heavy atom. The molecule has 1 unspecified atom stereocenters. The molecule has 2 aliphatic rings. The van der Waals surface area contributed by atoms with E-state index in [2.05, 4.69) is 69.4 Å². The Bertz CT molecular complexity index is 528. The Kier molecular flexibility index (Phi) is 5.61. The first kappa shape index (κ1) is 17.1. The van der Waals surface area contributed by atoms with Gasteiger partial charge in [-0.15, -0.1) is 0 Å². The van der Waals surface area contributed by atoms with Gasteiger partial charge in [0.15, 0.2) is 5.96 Å². The zero-order chi connectivity index (χ0) is 16.9. The molecular formula is C19H31N5. The number of nitrogens with one attached hydrogen (secondary N) is 1. The molecule has 132 valence electrons. The van der Waals surface area contributed by atoms with E-state index in [0.717, 1.165) is 44.6 Å². The van der Waals surface area contributed by atoms with Crippen LogP contribution in [0.4, 0.5) is 5.69 Å². The minimum Gasteiger partial charge on any atom is -0.368 e. The second kappa shape index (κ2) is 7.88. The number of hydrogen-bond donors (Lipinski definition) is 1. The summed E-state index contributed by atoms with van der Waals surface area (Å²) >= 11 is 0. The highest BCUT2D eigenvalue weighted by atomic mass is 15.3.